The van der Waals surface area contributed by atoms with Crippen molar-refractivity contribution in [2.75, 3.05) is 0 Å². The molecule has 0 aromatic heterocycles. The van der Waals surface area contributed by atoms with E-state index >= 15 is 0 Å². The van der Waals surface area contributed by atoms with E-state index in [1.165, 1.54) is 16.7 Å². The predicted octanol–water partition coefficient (Wildman–Crippen LogP) is 7.86. The van der Waals surface area contributed by atoms with E-state index in [0.717, 1.165) is 29.4 Å². The highest BCUT2D eigenvalue weighted by molar-refractivity contribution is 5.85. The minimum atomic E-state index is -0.154. The van der Waals surface area contributed by atoms with Crippen LogP contribution in [0.3, 0.4) is 0 Å². The standard InChI is InChI=1S/C30H25F/c1-3-4-5-6-23-10-16-26(17-11-23)27-18-12-24(13-19-27)8-9-25-14-20-29-28(21-25)15-7-22(2)30(29)31/h3-4,7,10-21H,5-6H2,1-2H3/b4-3+. The lowest BCUT2D eigenvalue weighted by Crippen LogP contribution is -1.86. The molecule has 0 nitrogen and oxygen atoms in total. The van der Waals surface area contributed by atoms with Gasteiger partial charge in [0.05, 0.1) is 0 Å². The van der Waals surface area contributed by atoms with Crippen molar-refractivity contribution in [3.63, 3.8) is 0 Å². The van der Waals surface area contributed by atoms with Gasteiger partial charge in [-0.1, -0.05) is 78.6 Å². The van der Waals surface area contributed by atoms with Gasteiger partial charge in [0.2, 0.25) is 0 Å². The minimum Gasteiger partial charge on any atom is -0.206 e. The highest BCUT2D eigenvalue weighted by atomic mass is 19.1. The minimum absolute atomic E-state index is 0.154. The molecule has 0 amide bonds. The van der Waals surface area contributed by atoms with Crippen LogP contribution in [0.5, 0.6) is 0 Å². The molecule has 0 aliphatic heterocycles. The van der Waals surface area contributed by atoms with Gasteiger partial charge in [-0.2, -0.15) is 0 Å². The van der Waals surface area contributed by atoms with Crippen molar-refractivity contribution in [1.29, 1.82) is 0 Å². The molecule has 0 heterocycles. The molecule has 0 unspecified atom stereocenters. The predicted molar refractivity (Wildman–Crippen MR) is 130 cm³/mol. The van der Waals surface area contributed by atoms with Crippen molar-refractivity contribution >= 4 is 10.8 Å². The van der Waals surface area contributed by atoms with Crippen LogP contribution in [0.25, 0.3) is 21.9 Å². The molecule has 4 rings (SSSR count). The van der Waals surface area contributed by atoms with Crippen molar-refractivity contribution in [2.45, 2.75) is 26.7 Å². The average Bonchev–Trinajstić information content (AvgIpc) is 2.81. The molecule has 4 aromatic rings. The Labute approximate surface area is 184 Å². The lowest BCUT2D eigenvalue weighted by Gasteiger charge is -2.04. The first-order chi connectivity index (χ1) is 15.1. The zero-order chi connectivity index (χ0) is 21.6. The van der Waals surface area contributed by atoms with E-state index in [9.17, 15) is 4.39 Å². The molecule has 0 spiro atoms. The third kappa shape index (κ3) is 4.93. The lowest BCUT2D eigenvalue weighted by atomic mass is 10.0. The first-order valence-corrected chi connectivity index (χ1v) is 10.7. The van der Waals surface area contributed by atoms with Gasteiger partial charge in [-0.3, -0.25) is 0 Å². The normalized spacial score (nSPS) is 10.9. The van der Waals surface area contributed by atoms with Gasteiger partial charge in [0.15, 0.2) is 0 Å². The summed E-state index contributed by atoms with van der Waals surface area (Å²) in [5.41, 5.74) is 6.25. The Bertz CT molecular complexity index is 1280. The quantitative estimate of drug-likeness (QED) is 0.240. The second-order valence-electron chi connectivity index (χ2n) is 7.76. The number of fused-ring (bicyclic) bond motifs is 1. The van der Waals surface area contributed by atoms with Crippen molar-refractivity contribution in [3.05, 3.63) is 119 Å². The molecule has 0 atom stereocenters. The van der Waals surface area contributed by atoms with Crippen LogP contribution in [0.2, 0.25) is 0 Å². The lowest BCUT2D eigenvalue weighted by molar-refractivity contribution is 0.631. The van der Waals surface area contributed by atoms with Crippen LogP contribution in [-0.4, -0.2) is 0 Å². The highest BCUT2D eigenvalue weighted by Gasteiger charge is 2.04. The molecule has 0 saturated heterocycles. The Morgan fingerprint density at radius 2 is 1.42 bits per heavy atom. The van der Waals surface area contributed by atoms with Gasteiger partial charge in [0, 0.05) is 16.5 Å². The van der Waals surface area contributed by atoms with Gasteiger partial charge in [-0.15, -0.1) is 0 Å². The Balaban J connectivity index is 1.49. The maximum Gasteiger partial charge on any atom is 0.133 e. The summed E-state index contributed by atoms with van der Waals surface area (Å²) in [7, 11) is 0. The summed E-state index contributed by atoms with van der Waals surface area (Å²) >= 11 is 0. The SMILES string of the molecule is C/C=C/CCc1ccc(-c2ccc(C#Cc3ccc4c(F)c(C)ccc4c3)cc2)cc1. The fourth-order valence-corrected chi connectivity index (χ4v) is 3.65. The highest BCUT2D eigenvalue weighted by Crippen LogP contribution is 2.23. The van der Waals surface area contributed by atoms with E-state index in [-0.39, 0.29) is 5.82 Å². The topological polar surface area (TPSA) is 0 Å². The molecule has 0 aliphatic rings. The first kappa shape index (κ1) is 20.6. The molecule has 1 heteroatoms. The number of hydrogen-bond acceptors (Lipinski definition) is 0. The molecule has 4 aromatic carbocycles. The smallest absolute Gasteiger partial charge is 0.133 e. The second kappa shape index (κ2) is 9.45. The number of halogens is 1. The van der Waals surface area contributed by atoms with Gasteiger partial charge in [0.1, 0.15) is 5.82 Å². The summed E-state index contributed by atoms with van der Waals surface area (Å²) in [6.07, 6.45) is 6.44. The summed E-state index contributed by atoms with van der Waals surface area (Å²) in [5.74, 6) is 6.26. The largest absolute Gasteiger partial charge is 0.206 e. The van der Waals surface area contributed by atoms with Gasteiger partial charge in [-0.05, 0) is 78.6 Å². The van der Waals surface area contributed by atoms with Gasteiger partial charge >= 0.3 is 0 Å². The summed E-state index contributed by atoms with van der Waals surface area (Å²) < 4.78 is 14.2. The third-order valence-corrected chi connectivity index (χ3v) is 5.51. The van der Waals surface area contributed by atoms with E-state index in [0.29, 0.717) is 10.9 Å². The van der Waals surface area contributed by atoms with Crippen molar-refractivity contribution in [2.24, 2.45) is 0 Å². The number of aryl methyl sites for hydroxylation is 2. The maximum atomic E-state index is 14.2. The number of rotatable bonds is 4. The number of benzene rings is 4. The molecule has 0 saturated carbocycles. The monoisotopic (exact) mass is 404 g/mol. The molecular formula is C30H25F. The van der Waals surface area contributed by atoms with Crippen LogP contribution < -0.4 is 0 Å². The molecule has 152 valence electrons. The number of hydrogen-bond donors (Lipinski definition) is 0. The molecule has 0 radical (unpaired) electrons. The van der Waals surface area contributed by atoms with E-state index < -0.39 is 0 Å². The van der Waals surface area contributed by atoms with E-state index in [4.69, 9.17) is 0 Å². The van der Waals surface area contributed by atoms with Crippen molar-refractivity contribution < 1.29 is 4.39 Å². The summed E-state index contributed by atoms with van der Waals surface area (Å²) in [6, 6.07) is 26.5. The Hall–Kier alpha value is -3.63. The maximum absolute atomic E-state index is 14.2. The van der Waals surface area contributed by atoms with Gasteiger partial charge in [0.25, 0.3) is 0 Å². The third-order valence-electron chi connectivity index (χ3n) is 5.51. The van der Waals surface area contributed by atoms with E-state index in [2.05, 4.69) is 67.3 Å². The fraction of sp³-hybridized carbons (Fsp3) is 0.133. The number of allylic oxidation sites excluding steroid dienone is 2. The Kier molecular flexibility index (Phi) is 6.29. The van der Waals surface area contributed by atoms with Crippen LogP contribution in [-0.2, 0) is 6.42 Å². The summed E-state index contributed by atoms with van der Waals surface area (Å²) in [6.45, 7) is 3.84. The molecule has 0 N–H and O–H groups in total. The van der Waals surface area contributed by atoms with Crippen molar-refractivity contribution in [1.82, 2.24) is 0 Å². The van der Waals surface area contributed by atoms with E-state index in [1.807, 2.05) is 42.5 Å². The second-order valence-corrected chi connectivity index (χ2v) is 7.76. The van der Waals surface area contributed by atoms with Crippen molar-refractivity contribution in [3.8, 4) is 23.0 Å². The van der Waals surface area contributed by atoms with Gasteiger partial charge in [-0.25, -0.2) is 4.39 Å². The zero-order valence-electron chi connectivity index (χ0n) is 18.0. The van der Waals surface area contributed by atoms with E-state index in [1.54, 1.807) is 6.92 Å². The fourth-order valence-electron chi connectivity index (χ4n) is 3.65. The molecule has 0 bridgehead atoms. The summed E-state index contributed by atoms with van der Waals surface area (Å²) in [4.78, 5) is 0. The summed E-state index contributed by atoms with van der Waals surface area (Å²) in [5, 5.41) is 1.52. The van der Waals surface area contributed by atoms with Crippen LogP contribution in [0.1, 0.15) is 35.6 Å². The van der Waals surface area contributed by atoms with Crippen LogP contribution in [0.15, 0.2) is 91.0 Å². The first-order valence-electron chi connectivity index (χ1n) is 10.7. The average molecular weight is 405 g/mol. The van der Waals surface area contributed by atoms with Crippen LogP contribution >= 0.6 is 0 Å². The molecule has 0 aliphatic carbocycles. The molecular weight excluding hydrogens is 379 g/mol. The van der Waals surface area contributed by atoms with Crippen LogP contribution in [0.4, 0.5) is 4.39 Å². The van der Waals surface area contributed by atoms with Crippen LogP contribution in [0, 0.1) is 24.6 Å². The Morgan fingerprint density at radius 1 is 0.774 bits per heavy atom. The molecule has 0 fully saturated rings. The Morgan fingerprint density at radius 3 is 2.13 bits per heavy atom. The van der Waals surface area contributed by atoms with Gasteiger partial charge < -0.3 is 0 Å². The molecule has 31 heavy (non-hydrogen) atoms. The zero-order valence-corrected chi connectivity index (χ0v) is 18.0.